The summed E-state index contributed by atoms with van der Waals surface area (Å²) in [5.74, 6) is -2.87. The number of nitrogens with zero attached hydrogens (tertiary/aromatic N) is 1. The summed E-state index contributed by atoms with van der Waals surface area (Å²) in [6, 6.07) is 3.64. The zero-order valence-electron chi connectivity index (χ0n) is 10.8. The van der Waals surface area contributed by atoms with Crippen molar-refractivity contribution in [1.82, 2.24) is 4.98 Å². The molecule has 1 saturated carbocycles. The fourth-order valence-corrected chi connectivity index (χ4v) is 2.82. The van der Waals surface area contributed by atoms with E-state index in [2.05, 4.69) is 4.98 Å². The van der Waals surface area contributed by atoms with Gasteiger partial charge in [0, 0.05) is 37.7 Å². The fraction of sp³-hybridized carbons (Fsp3) is 0.643. The van der Waals surface area contributed by atoms with E-state index < -0.39 is 12.0 Å². The van der Waals surface area contributed by atoms with Crippen LogP contribution in [0.2, 0.25) is 0 Å². The van der Waals surface area contributed by atoms with Gasteiger partial charge in [-0.15, -0.1) is 0 Å². The fourth-order valence-electron chi connectivity index (χ4n) is 2.82. The molecule has 2 atom stereocenters. The molecule has 19 heavy (non-hydrogen) atoms. The van der Waals surface area contributed by atoms with Crippen LogP contribution in [0.3, 0.4) is 0 Å². The van der Waals surface area contributed by atoms with Gasteiger partial charge in [-0.05, 0) is 36.5 Å². The molecule has 0 amide bonds. The topological polar surface area (TPSA) is 59.1 Å². The van der Waals surface area contributed by atoms with Crippen molar-refractivity contribution < 1.29 is 13.9 Å². The van der Waals surface area contributed by atoms with Crippen molar-refractivity contribution in [2.75, 3.05) is 6.54 Å². The number of hydrogen-bond donors (Lipinski definition) is 2. The van der Waals surface area contributed by atoms with Crippen LogP contribution in [0.4, 0.5) is 8.78 Å². The Morgan fingerprint density at radius 3 is 2.42 bits per heavy atom. The Kier molecular flexibility index (Phi) is 4.47. The number of alkyl halides is 2. The van der Waals surface area contributed by atoms with Gasteiger partial charge in [-0.3, -0.25) is 4.98 Å². The van der Waals surface area contributed by atoms with Crippen LogP contribution < -0.4 is 5.73 Å². The maximum Gasteiger partial charge on any atom is 0.248 e. The van der Waals surface area contributed by atoms with E-state index in [9.17, 15) is 13.9 Å². The van der Waals surface area contributed by atoms with Crippen LogP contribution in [-0.4, -0.2) is 28.7 Å². The molecule has 1 aliphatic rings. The standard InChI is InChI=1S/C14H20F2N2O/c15-14(16)5-1-11(2-6-14)13(19)12(9-17)10-3-7-18-8-4-10/h3-4,7-8,11-13,19H,1-2,5-6,9,17H2. The molecule has 3 nitrogen and oxygen atoms in total. The van der Waals surface area contributed by atoms with Gasteiger partial charge >= 0.3 is 0 Å². The van der Waals surface area contributed by atoms with Gasteiger partial charge in [-0.1, -0.05) is 0 Å². The number of halogens is 2. The van der Waals surface area contributed by atoms with E-state index in [1.165, 1.54) is 0 Å². The van der Waals surface area contributed by atoms with Gasteiger partial charge in [0.05, 0.1) is 6.10 Å². The maximum atomic E-state index is 13.1. The molecule has 106 valence electrons. The second-order valence-electron chi connectivity index (χ2n) is 5.31. The highest BCUT2D eigenvalue weighted by Gasteiger charge is 2.39. The van der Waals surface area contributed by atoms with Gasteiger partial charge in [0.25, 0.3) is 0 Å². The summed E-state index contributed by atoms with van der Waals surface area (Å²) in [5, 5.41) is 10.4. The molecule has 0 radical (unpaired) electrons. The van der Waals surface area contributed by atoms with Crippen molar-refractivity contribution >= 4 is 0 Å². The molecule has 0 aromatic carbocycles. The molecule has 0 spiro atoms. The highest BCUT2D eigenvalue weighted by molar-refractivity contribution is 5.18. The summed E-state index contributed by atoms with van der Waals surface area (Å²) in [5.41, 5.74) is 6.66. The summed E-state index contributed by atoms with van der Waals surface area (Å²) in [7, 11) is 0. The lowest BCUT2D eigenvalue weighted by molar-refractivity contribution is -0.0651. The number of aliphatic hydroxyl groups is 1. The second-order valence-corrected chi connectivity index (χ2v) is 5.31. The minimum absolute atomic E-state index is 0.0960. The molecule has 1 heterocycles. The quantitative estimate of drug-likeness (QED) is 0.882. The Morgan fingerprint density at radius 1 is 1.32 bits per heavy atom. The third-order valence-corrected chi connectivity index (χ3v) is 4.05. The molecular weight excluding hydrogens is 250 g/mol. The van der Waals surface area contributed by atoms with E-state index in [0.717, 1.165) is 5.56 Å². The van der Waals surface area contributed by atoms with Crippen molar-refractivity contribution in [3.63, 3.8) is 0 Å². The number of hydrogen-bond acceptors (Lipinski definition) is 3. The van der Waals surface area contributed by atoms with Crippen molar-refractivity contribution in [1.29, 1.82) is 0 Å². The molecule has 5 heteroatoms. The van der Waals surface area contributed by atoms with Crippen molar-refractivity contribution in [2.45, 2.75) is 43.6 Å². The predicted molar refractivity (Wildman–Crippen MR) is 68.9 cm³/mol. The average Bonchev–Trinajstić information content (AvgIpc) is 2.40. The Morgan fingerprint density at radius 2 is 1.89 bits per heavy atom. The summed E-state index contributed by atoms with van der Waals surface area (Å²) in [6.45, 7) is 0.304. The molecule has 0 saturated heterocycles. The van der Waals surface area contributed by atoms with Crippen molar-refractivity contribution in [2.24, 2.45) is 11.7 Å². The summed E-state index contributed by atoms with van der Waals surface area (Å²) in [4.78, 5) is 3.93. The maximum absolute atomic E-state index is 13.1. The van der Waals surface area contributed by atoms with Gasteiger partial charge in [0.2, 0.25) is 5.92 Å². The number of pyridine rings is 1. The van der Waals surface area contributed by atoms with E-state index in [-0.39, 0.29) is 24.7 Å². The minimum Gasteiger partial charge on any atom is -0.392 e. The predicted octanol–water partition coefficient (Wildman–Crippen LogP) is 2.31. The molecule has 3 N–H and O–H groups in total. The van der Waals surface area contributed by atoms with Crippen LogP contribution in [0.15, 0.2) is 24.5 Å². The molecule has 1 aromatic heterocycles. The monoisotopic (exact) mass is 270 g/mol. The van der Waals surface area contributed by atoms with Crippen LogP contribution in [0.1, 0.15) is 37.2 Å². The molecule has 2 rings (SSSR count). The Labute approximate surface area is 111 Å². The van der Waals surface area contributed by atoms with Crippen LogP contribution in [-0.2, 0) is 0 Å². The van der Waals surface area contributed by atoms with Gasteiger partial charge in [-0.2, -0.15) is 0 Å². The lowest BCUT2D eigenvalue weighted by atomic mass is 9.77. The molecule has 0 bridgehead atoms. The zero-order valence-corrected chi connectivity index (χ0v) is 10.8. The molecule has 1 fully saturated rings. The number of rotatable bonds is 4. The van der Waals surface area contributed by atoms with E-state index in [0.29, 0.717) is 19.4 Å². The summed E-state index contributed by atoms with van der Waals surface area (Å²) in [6.07, 6.45) is 3.08. The third-order valence-electron chi connectivity index (χ3n) is 4.05. The normalized spacial score (nSPS) is 22.9. The molecule has 1 aliphatic carbocycles. The van der Waals surface area contributed by atoms with Gasteiger partial charge < -0.3 is 10.8 Å². The van der Waals surface area contributed by atoms with Gasteiger partial charge in [-0.25, -0.2) is 8.78 Å². The number of aliphatic hydroxyl groups excluding tert-OH is 1. The first-order chi connectivity index (χ1) is 9.03. The third kappa shape index (κ3) is 3.48. The van der Waals surface area contributed by atoms with E-state index in [4.69, 9.17) is 5.73 Å². The van der Waals surface area contributed by atoms with Crippen molar-refractivity contribution in [3.05, 3.63) is 30.1 Å². The van der Waals surface area contributed by atoms with Crippen LogP contribution in [0, 0.1) is 5.92 Å². The Hall–Kier alpha value is -1.07. The smallest absolute Gasteiger partial charge is 0.248 e. The molecule has 0 aliphatic heterocycles. The van der Waals surface area contributed by atoms with Gasteiger partial charge in [0.1, 0.15) is 0 Å². The van der Waals surface area contributed by atoms with Crippen LogP contribution in [0.25, 0.3) is 0 Å². The largest absolute Gasteiger partial charge is 0.392 e. The number of nitrogens with two attached hydrogens (primary N) is 1. The Balaban J connectivity index is 2.04. The summed E-state index contributed by atoms with van der Waals surface area (Å²) >= 11 is 0. The first kappa shape index (κ1) is 14.3. The summed E-state index contributed by atoms with van der Waals surface area (Å²) < 4.78 is 26.3. The Bertz CT molecular complexity index is 390. The highest BCUT2D eigenvalue weighted by atomic mass is 19.3. The van der Waals surface area contributed by atoms with E-state index in [1.807, 2.05) is 12.1 Å². The molecular formula is C14H20F2N2O. The van der Waals surface area contributed by atoms with Crippen LogP contribution >= 0.6 is 0 Å². The van der Waals surface area contributed by atoms with Crippen molar-refractivity contribution in [3.8, 4) is 0 Å². The minimum atomic E-state index is -2.56. The van der Waals surface area contributed by atoms with E-state index in [1.54, 1.807) is 12.4 Å². The number of aromatic nitrogens is 1. The lowest BCUT2D eigenvalue weighted by Gasteiger charge is -2.34. The first-order valence-corrected chi connectivity index (χ1v) is 6.69. The second kappa shape index (κ2) is 5.92. The highest BCUT2D eigenvalue weighted by Crippen LogP contribution is 2.40. The molecule has 1 aromatic rings. The average molecular weight is 270 g/mol. The zero-order chi connectivity index (χ0) is 13.9. The SMILES string of the molecule is NCC(c1ccncc1)C(O)C1CCC(F)(F)CC1. The van der Waals surface area contributed by atoms with Gasteiger partial charge in [0.15, 0.2) is 0 Å². The van der Waals surface area contributed by atoms with E-state index >= 15 is 0 Å². The first-order valence-electron chi connectivity index (χ1n) is 6.69. The molecule has 2 unspecified atom stereocenters. The van der Waals surface area contributed by atoms with Crippen LogP contribution in [0.5, 0.6) is 0 Å². The lowest BCUT2D eigenvalue weighted by Crippen LogP contribution is -2.37.